The van der Waals surface area contributed by atoms with E-state index in [4.69, 9.17) is 15.0 Å². The van der Waals surface area contributed by atoms with E-state index < -0.39 is 0 Å². The summed E-state index contributed by atoms with van der Waals surface area (Å²) in [5.74, 6) is 1.96. The summed E-state index contributed by atoms with van der Waals surface area (Å²) in [6, 6.07) is 57.5. The first-order valence-corrected chi connectivity index (χ1v) is 15.5. The Morgan fingerprint density at radius 1 is 0.304 bits per heavy atom. The van der Waals surface area contributed by atoms with E-state index in [1.54, 1.807) is 0 Å². The molecule has 0 aliphatic heterocycles. The molecule has 8 aromatic carbocycles. The van der Waals surface area contributed by atoms with Gasteiger partial charge in [-0.05, 0) is 61.0 Å². The predicted molar refractivity (Wildman–Crippen MR) is 192 cm³/mol. The largest absolute Gasteiger partial charge is 0.208 e. The lowest BCUT2D eigenvalue weighted by Crippen LogP contribution is -2.02. The van der Waals surface area contributed by atoms with E-state index in [9.17, 15) is 0 Å². The minimum Gasteiger partial charge on any atom is -0.208 e. The molecule has 0 radical (unpaired) electrons. The first-order valence-electron chi connectivity index (χ1n) is 15.5. The van der Waals surface area contributed by atoms with Crippen LogP contribution in [-0.2, 0) is 0 Å². The van der Waals surface area contributed by atoms with E-state index in [1.165, 1.54) is 21.5 Å². The molecule has 9 rings (SSSR count). The Balaban J connectivity index is 1.37. The number of rotatable bonds is 4. The summed E-state index contributed by atoms with van der Waals surface area (Å²) in [6.45, 7) is 0. The average molecular weight is 586 g/mol. The van der Waals surface area contributed by atoms with Gasteiger partial charge >= 0.3 is 0 Å². The molecule has 9 aromatic rings. The van der Waals surface area contributed by atoms with E-state index in [0.29, 0.717) is 17.5 Å². The molecule has 0 unspecified atom stereocenters. The Bertz CT molecular complexity index is 2590. The van der Waals surface area contributed by atoms with Crippen LogP contribution in [0.3, 0.4) is 0 Å². The van der Waals surface area contributed by atoms with Crippen molar-refractivity contribution in [1.82, 2.24) is 15.0 Å². The zero-order chi connectivity index (χ0) is 30.5. The minimum atomic E-state index is 0.647. The van der Waals surface area contributed by atoms with Crippen LogP contribution >= 0.6 is 0 Å². The van der Waals surface area contributed by atoms with Crippen LogP contribution < -0.4 is 0 Å². The van der Waals surface area contributed by atoms with Crippen LogP contribution in [0.25, 0.3) is 88.4 Å². The highest BCUT2D eigenvalue weighted by Gasteiger charge is 2.20. The van der Waals surface area contributed by atoms with Crippen molar-refractivity contribution >= 4 is 43.1 Å². The van der Waals surface area contributed by atoms with Crippen LogP contribution in [-0.4, -0.2) is 15.0 Å². The quantitative estimate of drug-likeness (QED) is 0.152. The molecule has 1 heterocycles. The van der Waals surface area contributed by atoms with Gasteiger partial charge in [0.15, 0.2) is 17.5 Å². The number of hydrogen-bond donors (Lipinski definition) is 0. The maximum atomic E-state index is 5.33. The van der Waals surface area contributed by atoms with Crippen molar-refractivity contribution in [2.45, 2.75) is 0 Å². The summed E-state index contributed by atoms with van der Waals surface area (Å²) < 4.78 is 0. The van der Waals surface area contributed by atoms with Crippen molar-refractivity contribution in [2.24, 2.45) is 0 Å². The highest BCUT2D eigenvalue weighted by atomic mass is 15.0. The molecular weight excluding hydrogens is 558 g/mol. The molecule has 0 bridgehead atoms. The molecule has 46 heavy (non-hydrogen) atoms. The molecular formula is C43H27N3. The topological polar surface area (TPSA) is 38.7 Å². The summed E-state index contributed by atoms with van der Waals surface area (Å²) in [5, 5.41) is 9.36. The fraction of sp³-hybridized carbons (Fsp3) is 0. The Morgan fingerprint density at radius 2 is 0.891 bits per heavy atom. The van der Waals surface area contributed by atoms with Gasteiger partial charge in [-0.1, -0.05) is 152 Å². The first-order chi connectivity index (χ1) is 22.8. The molecule has 1 aromatic heterocycles. The van der Waals surface area contributed by atoms with Crippen LogP contribution in [0.2, 0.25) is 0 Å². The Labute approximate surface area is 266 Å². The monoisotopic (exact) mass is 585 g/mol. The summed E-state index contributed by atoms with van der Waals surface area (Å²) >= 11 is 0. The molecule has 0 saturated carbocycles. The molecule has 0 aliphatic carbocycles. The summed E-state index contributed by atoms with van der Waals surface area (Å²) in [5.41, 5.74) is 5.14. The second kappa shape index (κ2) is 10.8. The number of aromatic nitrogens is 3. The Hall–Kier alpha value is -6.19. The van der Waals surface area contributed by atoms with Gasteiger partial charge < -0.3 is 0 Å². The number of hydrogen-bond acceptors (Lipinski definition) is 3. The van der Waals surface area contributed by atoms with Crippen molar-refractivity contribution in [3.8, 4) is 45.3 Å². The minimum absolute atomic E-state index is 0.647. The Morgan fingerprint density at radius 3 is 1.74 bits per heavy atom. The Kier molecular flexibility index (Phi) is 6.14. The maximum absolute atomic E-state index is 5.33. The zero-order valence-corrected chi connectivity index (χ0v) is 24.9. The molecule has 0 amide bonds. The molecule has 0 aliphatic rings. The highest BCUT2D eigenvalue weighted by molar-refractivity contribution is 6.21. The van der Waals surface area contributed by atoms with Gasteiger partial charge in [-0.2, -0.15) is 0 Å². The third-order valence-electron chi connectivity index (χ3n) is 8.87. The van der Waals surface area contributed by atoms with Gasteiger partial charge in [0.2, 0.25) is 0 Å². The zero-order valence-electron chi connectivity index (χ0n) is 24.9. The molecule has 3 nitrogen and oxygen atoms in total. The van der Waals surface area contributed by atoms with Crippen LogP contribution in [0.15, 0.2) is 164 Å². The second-order valence-corrected chi connectivity index (χ2v) is 11.6. The van der Waals surface area contributed by atoms with Gasteiger partial charge in [-0.15, -0.1) is 0 Å². The van der Waals surface area contributed by atoms with Crippen molar-refractivity contribution < 1.29 is 0 Å². The summed E-state index contributed by atoms with van der Waals surface area (Å²) in [7, 11) is 0. The van der Waals surface area contributed by atoms with E-state index in [1.807, 2.05) is 18.2 Å². The highest BCUT2D eigenvalue weighted by Crippen LogP contribution is 2.40. The lowest BCUT2D eigenvalue weighted by molar-refractivity contribution is 1.08. The third-order valence-corrected chi connectivity index (χ3v) is 8.87. The molecule has 0 N–H and O–H groups in total. The smallest absolute Gasteiger partial charge is 0.165 e. The average Bonchev–Trinajstić information content (AvgIpc) is 3.13. The second-order valence-electron chi connectivity index (χ2n) is 11.6. The van der Waals surface area contributed by atoms with E-state index in [0.717, 1.165) is 49.4 Å². The van der Waals surface area contributed by atoms with Gasteiger partial charge in [0.25, 0.3) is 0 Å². The number of nitrogens with zero attached hydrogens (tertiary/aromatic N) is 3. The van der Waals surface area contributed by atoms with Crippen LogP contribution in [0.4, 0.5) is 0 Å². The van der Waals surface area contributed by atoms with Gasteiger partial charge in [0.05, 0.1) is 0 Å². The standard InChI is InChI=1S/C43H27N3/c1-2-14-30(15-3-1)41-44-42(38-21-11-10-18-35(38)33-24-22-28-12-4-5-16-31(28)26-33)46-43(45-41)40-37-20-9-7-17-32(37)27-34-25-23-29-13-6-8-19-36(29)39(34)40/h1-27H. The molecule has 3 heteroatoms. The van der Waals surface area contributed by atoms with Crippen molar-refractivity contribution in [2.75, 3.05) is 0 Å². The maximum Gasteiger partial charge on any atom is 0.165 e. The van der Waals surface area contributed by atoms with Crippen LogP contribution in [0.5, 0.6) is 0 Å². The number of fused-ring (bicyclic) bond motifs is 5. The molecule has 214 valence electrons. The molecule has 0 saturated heterocycles. The fourth-order valence-corrected chi connectivity index (χ4v) is 6.68. The normalized spacial score (nSPS) is 11.5. The lowest BCUT2D eigenvalue weighted by Gasteiger charge is -2.16. The van der Waals surface area contributed by atoms with Crippen LogP contribution in [0.1, 0.15) is 0 Å². The van der Waals surface area contributed by atoms with E-state index in [2.05, 4.69) is 146 Å². The van der Waals surface area contributed by atoms with Gasteiger partial charge in [0.1, 0.15) is 0 Å². The lowest BCUT2D eigenvalue weighted by atomic mass is 9.92. The first kappa shape index (κ1) is 26.2. The molecule has 0 spiro atoms. The SMILES string of the molecule is c1ccc(-c2nc(-c3ccccc3-c3ccc4ccccc4c3)nc(-c3c4ccccc4cc4ccc5ccccc5c34)n2)cc1. The summed E-state index contributed by atoms with van der Waals surface area (Å²) in [4.78, 5) is 15.7. The predicted octanol–water partition coefficient (Wildman–Crippen LogP) is 11.2. The van der Waals surface area contributed by atoms with Gasteiger partial charge in [-0.25, -0.2) is 15.0 Å². The number of benzene rings is 8. The van der Waals surface area contributed by atoms with Gasteiger partial charge in [0, 0.05) is 22.1 Å². The molecule has 0 fully saturated rings. The third kappa shape index (κ3) is 4.41. The van der Waals surface area contributed by atoms with Gasteiger partial charge in [-0.3, -0.25) is 0 Å². The van der Waals surface area contributed by atoms with E-state index in [-0.39, 0.29) is 0 Å². The van der Waals surface area contributed by atoms with Crippen LogP contribution in [0, 0.1) is 0 Å². The van der Waals surface area contributed by atoms with E-state index >= 15 is 0 Å². The molecule has 0 atom stereocenters. The summed E-state index contributed by atoms with van der Waals surface area (Å²) in [6.07, 6.45) is 0. The fourth-order valence-electron chi connectivity index (χ4n) is 6.68. The van der Waals surface area contributed by atoms with Crippen molar-refractivity contribution in [1.29, 1.82) is 0 Å². The van der Waals surface area contributed by atoms with Crippen molar-refractivity contribution in [3.05, 3.63) is 164 Å². The van der Waals surface area contributed by atoms with Crippen molar-refractivity contribution in [3.63, 3.8) is 0 Å².